The number of likely N-dealkylation sites (tertiary alicyclic amines) is 1. The number of hydrogen-bond donors (Lipinski definition) is 2. The monoisotopic (exact) mass is 420 g/mol. The Hall–Kier alpha value is -1.75. The summed E-state index contributed by atoms with van der Waals surface area (Å²) < 4.78 is 26.8. The Kier molecular flexibility index (Phi) is 7.73. The summed E-state index contributed by atoms with van der Waals surface area (Å²) in [4.78, 5) is 23.9. The number of carbonyl (C=O) groups is 1. The quantitative estimate of drug-likeness (QED) is 0.525. The fraction of sp³-hybridized carbons (Fsp3) is 0.562. The number of nitro groups is 1. The maximum absolute atomic E-state index is 12.3. The molecule has 1 fully saturated rings. The van der Waals surface area contributed by atoms with Crippen molar-refractivity contribution in [2.75, 3.05) is 19.6 Å². The first-order valence-electron chi connectivity index (χ1n) is 8.30. The average Bonchev–Trinajstić information content (AvgIpc) is 2.57. The molecular formula is C16H25ClN4O5S. The van der Waals surface area contributed by atoms with Crippen molar-refractivity contribution >= 4 is 34.0 Å². The number of benzene rings is 1. The van der Waals surface area contributed by atoms with Crippen molar-refractivity contribution in [1.82, 2.24) is 9.62 Å². The Balaban J connectivity index is 0.00000364. The van der Waals surface area contributed by atoms with E-state index in [0.29, 0.717) is 19.5 Å². The second-order valence-electron chi connectivity index (χ2n) is 7.10. The summed E-state index contributed by atoms with van der Waals surface area (Å²) in [5.74, 6) is -0.147. The van der Waals surface area contributed by atoms with Gasteiger partial charge in [-0.2, -0.15) is 0 Å². The Morgan fingerprint density at radius 3 is 2.70 bits per heavy atom. The predicted molar refractivity (Wildman–Crippen MR) is 103 cm³/mol. The highest BCUT2D eigenvalue weighted by molar-refractivity contribution is 7.89. The highest BCUT2D eigenvalue weighted by atomic mass is 35.5. The van der Waals surface area contributed by atoms with Crippen molar-refractivity contribution in [2.45, 2.75) is 37.6 Å². The van der Waals surface area contributed by atoms with Crippen LogP contribution >= 0.6 is 12.4 Å². The van der Waals surface area contributed by atoms with Gasteiger partial charge in [-0.3, -0.25) is 14.9 Å². The Labute approximate surface area is 164 Å². The maximum Gasteiger partial charge on any atom is 0.270 e. The van der Waals surface area contributed by atoms with Crippen LogP contribution in [0.3, 0.4) is 0 Å². The molecule has 2 rings (SSSR count). The largest absolute Gasteiger partial charge is 0.342 e. The van der Waals surface area contributed by atoms with Gasteiger partial charge in [0.2, 0.25) is 15.9 Å². The van der Waals surface area contributed by atoms with Gasteiger partial charge in [-0.25, -0.2) is 13.1 Å². The Bertz CT molecular complexity index is 800. The summed E-state index contributed by atoms with van der Waals surface area (Å²) in [5, 5.41) is 10.8. The zero-order valence-electron chi connectivity index (χ0n) is 15.3. The standard InChI is InChI=1S/C16H24N4O5S.ClH/c1-16(2)11-19(9-7-14(16)17)15(21)6-8-18-26(24,25)13-5-3-4-12(10-13)20(22)23;/h3-5,10,14,18H,6-9,11,17H2,1-2H3;1H. The zero-order chi connectivity index (χ0) is 19.5. The molecule has 1 aromatic carbocycles. The molecule has 3 N–H and O–H groups in total. The van der Waals surface area contributed by atoms with Crippen LogP contribution in [0.25, 0.3) is 0 Å². The lowest BCUT2D eigenvalue weighted by Gasteiger charge is -2.42. The van der Waals surface area contributed by atoms with Gasteiger partial charge in [-0.05, 0) is 17.9 Å². The van der Waals surface area contributed by atoms with Crippen LogP contribution in [0.1, 0.15) is 26.7 Å². The van der Waals surface area contributed by atoms with Crippen molar-refractivity contribution in [3.05, 3.63) is 34.4 Å². The van der Waals surface area contributed by atoms with Crippen molar-refractivity contribution in [2.24, 2.45) is 11.1 Å². The van der Waals surface area contributed by atoms with E-state index in [4.69, 9.17) is 5.73 Å². The molecule has 27 heavy (non-hydrogen) atoms. The van der Waals surface area contributed by atoms with E-state index in [1.165, 1.54) is 18.2 Å². The molecule has 1 aliphatic rings. The number of hydrogen-bond acceptors (Lipinski definition) is 6. The average molecular weight is 421 g/mol. The third-order valence-corrected chi connectivity index (χ3v) is 6.09. The van der Waals surface area contributed by atoms with Crippen LogP contribution < -0.4 is 10.5 Å². The summed E-state index contributed by atoms with van der Waals surface area (Å²) >= 11 is 0. The molecule has 152 valence electrons. The highest BCUT2D eigenvalue weighted by Crippen LogP contribution is 2.27. The van der Waals surface area contributed by atoms with Gasteiger partial charge in [-0.15, -0.1) is 12.4 Å². The molecule has 1 aliphatic heterocycles. The molecule has 0 radical (unpaired) electrons. The number of amides is 1. The molecule has 1 amide bonds. The fourth-order valence-electron chi connectivity index (χ4n) is 2.88. The van der Waals surface area contributed by atoms with Crippen molar-refractivity contribution in [1.29, 1.82) is 0 Å². The minimum atomic E-state index is -3.92. The highest BCUT2D eigenvalue weighted by Gasteiger charge is 2.35. The van der Waals surface area contributed by atoms with Gasteiger partial charge in [0.05, 0.1) is 9.82 Å². The molecule has 1 heterocycles. The summed E-state index contributed by atoms with van der Waals surface area (Å²) in [5.41, 5.74) is 5.56. The summed E-state index contributed by atoms with van der Waals surface area (Å²) in [6.45, 7) is 5.02. The number of sulfonamides is 1. The molecule has 0 spiro atoms. The van der Waals surface area contributed by atoms with Crippen molar-refractivity contribution in [3.63, 3.8) is 0 Å². The van der Waals surface area contributed by atoms with Crippen LogP contribution in [0.2, 0.25) is 0 Å². The van der Waals surface area contributed by atoms with Crippen LogP contribution in [0.4, 0.5) is 5.69 Å². The Morgan fingerprint density at radius 2 is 2.11 bits per heavy atom. The van der Waals surface area contributed by atoms with E-state index in [9.17, 15) is 23.3 Å². The smallest absolute Gasteiger partial charge is 0.270 e. The lowest BCUT2D eigenvalue weighted by molar-refractivity contribution is -0.385. The lowest BCUT2D eigenvalue weighted by atomic mass is 9.79. The van der Waals surface area contributed by atoms with E-state index in [1.807, 2.05) is 13.8 Å². The van der Waals surface area contributed by atoms with Gasteiger partial charge >= 0.3 is 0 Å². The SMILES string of the molecule is CC1(C)CN(C(=O)CCNS(=O)(=O)c2cccc([N+](=O)[O-])c2)CCC1N.Cl. The minimum absolute atomic E-state index is 0. The lowest BCUT2D eigenvalue weighted by Crippen LogP contribution is -2.54. The van der Waals surface area contributed by atoms with E-state index < -0.39 is 14.9 Å². The third-order valence-electron chi connectivity index (χ3n) is 4.63. The van der Waals surface area contributed by atoms with Gasteiger partial charge in [0.1, 0.15) is 0 Å². The molecule has 0 aliphatic carbocycles. The maximum atomic E-state index is 12.3. The van der Waals surface area contributed by atoms with Crippen molar-refractivity contribution in [3.8, 4) is 0 Å². The number of carbonyl (C=O) groups excluding carboxylic acids is 1. The Morgan fingerprint density at radius 1 is 1.44 bits per heavy atom. The van der Waals surface area contributed by atoms with Gasteiger partial charge in [-0.1, -0.05) is 19.9 Å². The number of halogens is 1. The van der Waals surface area contributed by atoms with Gasteiger partial charge in [0, 0.05) is 44.2 Å². The van der Waals surface area contributed by atoms with Gasteiger partial charge < -0.3 is 10.6 Å². The number of rotatable bonds is 6. The molecule has 0 aromatic heterocycles. The summed E-state index contributed by atoms with van der Waals surface area (Å²) in [6.07, 6.45) is 0.720. The van der Waals surface area contributed by atoms with E-state index >= 15 is 0 Å². The predicted octanol–water partition coefficient (Wildman–Crippen LogP) is 1.27. The van der Waals surface area contributed by atoms with Gasteiger partial charge in [0.15, 0.2) is 0 Å². The topological polar surface area (TPSA) is 136 Å². The number of nitrogens with two attached hydrogens (primary N) is 1. The van der Waals surface area contributed by atoms with E-state index in [0.717, 1.165) is 6.07 Å². The first-order chi connectivity index (χ1) is 12.0. The molecule has 9 nitrogen and oxygen atoms in total. The number of nitro benzene ring substituents is 1. The number of piperidine rings is 1. The second-order valence-corrected chi connectivity index (χ2v) is 8.87. The molecular weight excluding hydrogens is 396 g/mol. The van der Waals surface area contributed by atoms with E-state index in [2.05, 4.69) is 4.72 Å². The molecule has 1 atom stereocenters. The fourth-order valence-corrected chi connectivity index (χ4v) is 3.96. The zero-order valence-corrected chi connectivity index (χ0v) is 16.9. The van der Waals surface area contributed by atoms with Crippen LogP contribution in [0.5, 0.6) is 0 Å². The number of non-ortho nitro benzene ring substituents is 1. The number of nitrogens with one attached hydrogen (secondary N) is 1. The summed E-state index contributed by atoms with van der Waals surface area (Å²) in [7, 11) is -3.92. The van der Waals surface area contributed by atoms with E-state index in [1.54, 1.807) is 4.90 Å². The van der Waals surface area contributed by atoms with Crippen LogP contribution in [0, 0.1) is 15.5 Å². The van der Waals surface area contributed by atoms with Crippen LogP contribution in [-0.4, -0.2) is 49.8 Å². The number of nitrogens with zero attached hydrogens (tertiary/aromatic N) is 2. The summed E-state index contributed by atoms with van der Waals surface area (Å²) in [6, 6.07) is 4.80. The molecule has 0 saturated carbocycles. The normalized spacial score (nSPS) is 19.2. The molecule has 0 bridgehead atoms. The van der Waals surface area contributed by atoms with Crippen LogP contribution in [-0.2, 0) is 14.8 Å². The van der Waals surface area contributed by atoms with E-state index in [-0.39, 0.29) is 53.3 Å². The minimum Gasteiger partial charge on any atom is -0.342 e. The second kappa shape index (κ2) is 8.96. The first kappa shape index (κ1) is 23.3. The van der Waals surface area contributed by atoms with Gasteiger partial charge in [0.25, 0.3) is 5.69 Å². The van der Waals surface area contributed by atoms with Crippen LogP contribution in [0.15, 0.2) is 29.2 Å². The third kappa shape index (κ3) is 5.86. The molecule has 11 heteroatoms. The molecule has 1 unspecified atom stereocenters. The first-order valence-corrected chi connectivity index (χ1v) is 9.79. The van der Waals surface area contributed by atoms with Crippen molar-refractivity contribution < 1.29 is 18.1 Å². The molecule has 1 saturated heterocycles. The molecule has 1 aromatic rings.